The first-order valence-corrected chi connectivity index (χ1v) is 8.72. The molecule has 26 heavy (non-hydrogen) atoms. The van der Waals surface area contributed by atoms with E-state index in [2.05, 4.69) is 15.3 Å². The Balaban J connectivity index is 1.66. The Bertz CT molecular complexity index is 962. The number of hydrogen-bond donors (Lipinski definition) is 2. The summed E-state index contributed by atoms with van der Waals surface area (Å²) >= 11 is 1.27. The lowest BCUT2D eigenvalue weighted by Gasteiger charge is -2.11. The van der Waals surface area contributed by atoms with Crippen molar-refractivity contribution in [2.45, 2.75) is 17.3 Å². The van der Waals surface area contributed by atoms with Crippen LogP contribution in [0.2, 0.25) is 0 Å². The van der Waals surface area contributed by atoms with E-state index in [1.54, 1.807) is 49.5 Å². The van der Waals surface area contributed by atoms with E-state index < -0.39 is 5.25 Å². The smallest absolute Gasteiger partial charge is 0.237 e. The molecule has 0 aliphatic rings. The molecule has 1 amide bonds. The molecule has 7 heteroatoms. The number of para-hydroxylation sites is 1. The number of carbonyl (C=O) groups excluding carboxylic acids is 1. The molecule has 0 radical (unpaired) electrons. The molecule has 3 rings (SSSR count). The van der Waals surface area contributed by atoms with Gasteiger partial charge in [0.05, 0.1) is 28.4 Å². The van der Waals surface area contributed by atoms with Gasteiger partial charge in [0.25, 0.3) is 0 Å². The minimum absolute atomic E-state index is 0.225. The normalized spacial score (nSPS) is 11.6. The number of H-pyrrole nitrogens is 1. The summed E-state index contributed by atoms with van der Waals surface area (Å²) in [6.45, 7) is 1.76. The second kappa shape index (κ2) is 7.85. The predicted molar refractivity (Wildman–Crippen MR) is 99.1 cm³/mol. The summed E-state index contributed by atoms with van der Waals surface area (Å²) in [7, 11) is 0. The van der Waals surface area contributed by atoms with Gasteiger partial charge in [0, 0.05) is 0 Å². The summed E-state index contributed by atoms with van der Waals surface area (Å²) in [5.41, 5.74) is 2.45. The number of carbonyl (C=O) groups is 1. The average Bonchev–Trinajstić information content (AvgIpc) is 3.11. The third kappa shape index (κ3) is 4.10. The van der Waals surface area contributed by atoms with Crippen LogP contribution in [0.4, 0.5) is 10.1 Å². The highest BCUT2D eigenvalue weighted by atomic mass is 32.2. The third-order valence-electron chi connectivity index (χ3n) is 3.67. The van der Waals surface area contributed by atoms with E-state index in [9.17, 15) is 9.18 Å². The van der Waals surface area contributed by atoms with Gasteiger partial charge in [-0.25, -0.2) is 9.37 Å². The largest absolute Gasteiger partial charge is 0.333 e. The zero-order valence-electron chi connectivity index (χ0n) is 13.9. The maximum Gasteiger partial charge on any atom is 0.237 e. The lowest BCUT2D eigenvalue weighted by atomic mass is 10.2. The molecular weight excluding hydrogens is 351 g/mol. The van der Waals surface area contributed by atoms with Crippen molar-refractivity contribution < 1.29 is 9.18 Å². The van der Waals surface area contributed by atoms with Crippen LogP contribution in [0.5, 0.6) is 0 Å². The summed E-state index contributed by atoms with van der Waals surface area (Å²) in [5, 5.41) is 12.0. The van der Waals surface area contributed by atoms with Crippen LogP contribution in [0.3, 0.4) is 0 Å². The Morgan fingerprint density at radius 3 is 2.73 bits per heavy atom. The van der Waals surface area contributed by atoms with Crippen molar-refractivity contribution in [2.75, 3.05) is 5.32 Å². The van der Waals surface area contributed by atoms with Crippen molar-refractivity contribution in [2.24, 2.45) is 0 Å². The Hall–Kier alpha value is -3.11. The first kappa shape index (κ1) is 17.7. The number of nitrogens with zero attached hydrogens (tertiary/aromatic N) is 2. The van der Waals surface area contributed by atoms with Gasteiger partial charge in [-0.1, -0.05) is 23.9 Å². The molecule has 1 heterocycles. The first-order chi connectivity index (χ1) is 12.6. The Kier molecular flexibility index (Phi) is 5.34. The van der Waals surface area contributed by atoms with Crippen LogP contribution in [0.15, 0.2) is 59.9 Å². The highest BCUT2D eigenvalue weighted by Gasteiger charge is 2.17. The van der Waals surface area contributed by atoms with Crippen molar-refractivity contribution >= 4 is 23.4 Å². The number of nitrogens with one attached hydrogen (secondary N) is 2. The fourth-order valence-electron chi connectivity index (χ4n) is 2.28. The number of imidazole rings is 1. The fourth-order valence-corrected chi connectivity index (χ4v) is 3.07. The van der Waals surface area contributed by atoms with Crippen molar-refractivity contribution in [3.8, 4) is 17.3 Å². The lowest BCUT2D eigenvalue weighted by molar-refractivity contribution is -0.115. The van der Waals surface area contributed by atoms with Crippen molar-refractivity contribution in [3.63, 3.8) is 0 Å². The molecule has 2 N–H and O–H groups in total. The second-order valence-corrected chi connectivity index (χ2v) is 6.85. The number of rotatable bonds is 5. The first-order valence-electron chi connectivity index (χ1n) is 7.84. The summed E-state index contributed by atoms with van der Waals surface area (Å²) in [6, 6.07) is 15.0. The van der Waals surface area contributed by atoms with Crippen LogP contribution in [0.25, 0.3) is 11.3 Å². The van der Waals surface area contributed by atoms with E-state index in [1.165, 1.54) is 23.9 Å². The lowest BCUT2D eigenvalue weighted by Crippen LogP contribution is -2.23. The van der Waals surface area contributed by atoms with Gasteiger partial charge in [-0.2, -0.15) is 5.26 Å². The molecule has 0 saturated carbocycles. The van der Waals surface area contributed by atoms with Crippen molar-refractivity contribution in [3.05, 3.63) is 66.1 Å². The van der Waals surface area contributed by atoms with Crippen LogP contribution in [-0.2, 0) is 4.79 Å². The topological polar surface area (TPSA) is 81.6 Å². The summed E-state index contributed by atoms with van der Waals surface area (Å²) in [4.78, 5) is 19.8. The van der Waals surface area contributed by atoms with Gasteiger partial charge in [0.2, 0.25) is 5.91 Å². The molecule has 5 nitrogen and oxygen atoms in total. The number of halogens is 1. The van der Waals surface area contributed by atoms with Gasteiger partial charge in [-0.05, 0) is 48.9 Å². The molecule has 1 atom stereocenters. The SMILES string of the molecule is C[C@H](Sc1ncc(-c2ccc(F)cc2)[nH]1)C(=O)Nc1ccccc1C#N. The monoisotopic (exact) mass is 366 g/mol. The number of benzene rings is 2. The molecular formula is C19H15FN4OS. The second-order valence-electron chi connectivity index (χ2n) is 5.52. The quantitative estimate of drug-likeness (QED) is 0.663. The zero-order valence-corrected chi connectivity index (χ0v) is 14.7. The van der Waals surface area contributed by atoms with E-state index in [0.29, 0.717) is 16.4 Å². The van der Waals surface area contributed by atoms with Crippen molar-refractivity contribution in [1.82, 2.24) is 9.97 Å². The zero-order chi connectivity index (χ0) is 18.5. The summed E-state index contributed by atoms with van der Waals surface area (Å²) in [6.07, 6.45) is 1.64. The number of thioether (sulfide) groups is 1. The van der Waals surface area contributed by atoms with Crippen LogP contribution < -0.4 is 5.32 Å². The summed E-state index contributed by atoms with van der Waals surface area (Å²) < 4.78 is 13.0. The highest BCUT2D eigenvalue weighted by Crippen LogP contribution is 2.25. The Morgan fingerprint density at radius 1 is 1.27 bits per heavy atom. The Labute approximate surface area is 154 Å². The predicted octanol–water partition coefficient (Wildman–Crippen LogP) is 4.21. The van der Waals surface area contributed by atoms with E-state index in [0.717, 1.165) is 11.3 Å². The molecule has 0 fully saturated rings. The van der Waals surface area contributed by atoms with Crippen LogP contribution in [-0.4, -0.2) is 21.1 Å². The van der Waals surface area contributed by atoms with Gasteiger partial charge >= 0.3 is 0 Å². The van der Waals surface area contributed by atoms with Gasteiger partial charge in [-0.3, -0.25) is 4.79 Å². The molecule has 1 aromatic heterocycles. The Morgan fingerprint density at radius 2 is 2.00 bits per heavy atom. The molecule has 0 unspecified atom stereocenters. The third-order valence-corrected chi connectivity index (χ3v) is 4.67. The molecule has 0 aliphatic carbocycles. The number of aromatic nitrogens is 2. The molecule has 0 saturated heterocycles. The van der Waals surface area contributed by atoms with E-state index in [-0.39, 0.29) is 11.7 Å². The number of aromatic amines is 1. The molecule has 0 spiro atoms. The number of hydrogen-bond acceptors (Lipinski definition) is 4. The average molecular weight is 366 g/mol. The van der Waals surface area contributed by atoms with Gasteiger partial charge in [0.1, 0.15) is 11.9 Å². The molecule has 0 bridgehead atoms. The van der Waals surface area contributed by atoms with Crippen molar-refractivity contribution in [1.29, 1.82) is 5.26 Å². The maximum absolute atomic E-state index is 13.0. The summed E-state index contributed by atoms with van der Waals surface area (Å²) in [5.74, 6) is -0.525. The van der Waals surface area contributed by atoms with E-state index in [4.69, 9.17) is 5.26 Å². The number of anilines is 1. The standard InChI is InChI=1S/C19H15FN4OS/c1-12(18(25)23-16-5-3-2-4-14(16)10-21)26-19-22-11-17(24-19)13-6-8-15(20)9-7-13/h2-9,11-12H,1H3,(H,22,24)(H,23,25)/t12-/m0/s1. The fraction of sp³-hybridized carbons (Fsp3) is 0.105. The van der Waals surface area contributed by atoms with E-state index >= 15 is 0 Å². The highest BCUT2D eigenvalue weighted by molar-refractivity contribution is 8.00. The van der Waals surface area contributed by atoms with E-state index in [1.807, 2.05) is 6.07 Å². The molecule has 0 aliphatic heterocycles. The number of nitriles is 1. The van der Waals surface area contributed by atoms with Crippen LogP contribution >= 0.6 is 11.8 Å². The maximum atomic E-state index is 13.0. The van der Waals surface area contributed by atoms with Gasteiger partial charge in [0.15, 0.2) is 5.16 Å². The minimum Gasteiger partial charge on any atom is -0.333 e. The minimum atomic E-state index is -0.422. The van der Waals surface area contributed by atoms with Gasteiger partial charge < -0.3 is 10.3 Å². The molecule has 3 aromatic rings. The van der Waals surface area contributed by atoms with Gasteiger partial charge in [-0.15, -0.1) is 0 Å². The number of amides is 1. The molecule has 130 valence electrons. The van der Waals surface area contributed by atoms with Crippen LogP contribution in [0.1, 0.15) is 12.5 Å². The van der Waals surface area contributed by atoms with Crippen LogP contribution in [0, 0.1) is 17.1 Å². The molecule has 2 aromatic carbocycles.